The van der Waals surface area contributed by atoms with E-state index in [0.29, 0.717) is 5.56 Å². The molecule has 0 aliphatic heterocycles. The molecule has 0 saturated heterocycles. The highest BCUT2D eigenvalue weighted by atomic mass is 35.5. The molecule has 0 saturated carbocycles. The lowest BCUT2D eigenvalue weighted by Gasteiger charge is -2.19. The smallest absolute Gasteiger partial charge is 0.320 e. The minimum absolute atomic E-state index is 0.381. The summed E-state index contributed by atoms with van der Waals surface area (Å²) in [5.41, 5.74) is 4.42. The number of thiophene rings is 1. The first-order chi connectivity index (χ1) is 8.82. The zero-order chi connectivity index (χ0) is 14.2. The summed E-state index contributed by atoms with van der Waals surface area (Å²) in [4.78, 5) is 0. The van der Waals surface area contributed by atoms with Gasteiger partial charge in [-0.3, -0.25) is 0 Å². The molecule has 0 unspecified atom stereocenters. The molecule has 0 amide bonds. The molecule has 1 nitrogen and oxygen atoms in total. The van der Waals surface area contributed by atoms with Gasteiger partial charge in [-0.05, 0) is 34.5 Å². The minimum Gasteiger partial charge on any atom is -0.320 e. The van der Waals surface area contributed by atoms with Crippen molar-refractivity contribution in [1.29, 1.82) is 0 Å². The van der Waals surface area contributed by atoms with Gasteiger partial charge in [0, 0.05) is 5.56 Å². The van der Waals surface area contributed by atoms with E-state index in [9.17, 15) is 17.6 Å². The lowest BCUT2D eigenvalue weighted by Crippen LogP contribution is -2.20. The van der Waals surface area contributed by atoms with Crippen molar-refractivity contribution in [3.05, 3.63) is 56.5 Å². The molecule has 7 heteroatoms. The molecule has 2 rings (SSSR count). The molecule has 0 aliphatic carbocycles. The maximum absolute atomic E-state index is 13.9. The predicted molar refractivity (Wildman–Crippen MR) is 66.8 cm³/mol. The van der Waals surface area contributed by atoms with Crippen molar-refractivity contribution in [3.8, 4) is 0 Å². The van der Waals surface area contributed by atoms with E-state index in [1.807, 2.05) is 0 Å². The normalized spacial score (nSPS) is 13.6. The predicted octanol–water partition coefficient (Wildman–Crippen LogP) is 4.61. The van der Waals surface area contributed by atoms with Crippen LogP contribution in [0, 0.1) is 5.82 Å². The largest absolute Gasteiger partial charge is 0.416 e. The van der Waals surface area contributed by atoms with E-state index in [-0.39, 0.29) is 5.02 Å². The van der Waals surface area contributed by atoms with Gasteiger partial charge in [0.15, 0.2) is 0 Å². The Kier molecular flexibility index (Phi) is 3.85. The van der Waals surface area contributed by atoms with Crippen LogP contribution >= 0.6 is 22.9 Å². The van der Waals surface area contributed by atoms with E-state index >= 15 is 0 Å². The third-order valence-corrected chi connectivity index (χ3v) is 3.64. The Bertz CT molecular complexity index is 580. The fraction of sp³-hybridized carbons (Fsp3) is 0.167. The molecule has 19 heavy (non-hydrogen) atoms. The van der Waals surface area contributed by atoms with E-state index in [0.717, 1.165) is 12.1 Å². The van der Waals surface area contributed by atoms with Gasteiger partial charge in [0.1, 0.15) is 5.82 Å². The topological polar surface area (TPSA) is 26.0 Å². The van der Waals surface area contributed by atoms with Gasteiger partial charge in [0.05, 0.1) is 16.6 Å². The van der Waals surface area contributed by atoms with Crippen molar-refractivity contribution in [2.45, 2.75) is 12.2 Å². The number of alkyl halides is 3. The summed E-state index contributed by atoms with van der Waals surface area (Å²) in [5.74, 6) is -1.13. The Morgan fingerprint density at radius 1 is 1.21 bits per heavy atom. The summed E-state index contributed by atoms with van der Waals surface area (Å²) in [5, 5.41) is 2.85. The number of benzene rings is 1. The average Bonchev–Trinajstić information content (AvgIpc) is 2.83. The van der Waals surface area contributed by atoms with E-state index in [2.05, 4.69) is 0 Å². The van der Waals surface area contributed by atoms with Crippen LogP contribution in [0.4, 0.5) is 17.6 Å². The third-order valence-electron chi connectivity index (χ3n) is 2.65. The van der Waals surface area contributed by atoms with Crippen LogP contribution in [-0.2, 0) is 6.18 Å². The summed E-state index contributed by atoms with van der Waals surface area (Å²) in [7, 11) is 0. The fourth-order valence-electron chi connectivity index (χ4n) is 1.74. The Morgan fingerprint density at radius 2 is 1.89 bits per heavy atom. The molecule has 0 fully saturated rings. The maximum atomic E-state index is 13.9. The lowest BCUT2D eigenvalue weighted by atomic mass is 9.96. The first-order valence-corrected chi connectivity index (χ1v) is 6.47. The van der Waals surface area contributed by atoms with Crippen LogP contribution < -0.4 is 5.73 Å². The van der Waals surface area contributed by atoms with Crippen molar-refractivity contribution < 1.29 is 17.6 Å². The quantitative estimate of drug-likeness (QED) is 0.806. The van der Waals surface area contributed by atoms with Crippen LogP contribution in [0.2, 0.25) is 5.02 Å². The third kappa shape index (κ3) is 2.75. The number of nitrogens with two attached hydrogens (primary N) is 1. The molecule has 2 aromatic rings. The van der Waals surface area contributed by atoms with Crippen LogP contribution in [-0.4, -0.2) is 0 Å². The number of rotatable bonds is 2. The molecule has 1 heterocycles. The summed E-state index contributed by atoms with van der Waals surface area (Å²) >= 11 is 6.82. The fourth-order valence-corrected chi connectivity index (χ4v) is 2.60. The first-order valence-electron chi connectivity index (χ1n) is 5.15. The van der Waals surface area contributed by atoms with Crippen molar-refractivity contribution in [1.82, 2.24) is 0 Å². The van der Waals surface area contributed by atoms with Crippen molar-refractivity contribution in [3.63, 3.8) is 0 Å². The Balaban J connectivity index is 2.63. The molecule has 0 spiro atoms. The van der Waals surface area contributed by atoms with Gasteiger partial charge in [-0.25, -0.2) is 4.39 Å². The molecule has 1 aromatic heterocycles. The Hall–Kier alpha value is -1.11. The molecule has 1 atom stereocenters. The molecule has 2 N–H and O–H groups in total. The van der Waals surface area contributed by atoms with Gasteiger partial charge < -0.3 is 5.73 Å². The zero-order valence-electron chi connectivity index (χ0n) is 9.34. The standard InChI is InChI=1S/C12H8ClF4NS/c13-8-2-1-7(12(15,16)17)9(10(8)14)11(18)6-3-4-19-5-6/h1-5,11H,18H2/t11-/m1/s1. The monoisotopic (exact) mass is 309 g/mol. The van der Waals surface area contributed by atoms with Crippen molar-refractivity contribution in [2.75, 3.05) is 0 Å². The van der Waals surface area contributed by atoms with Crippen molar-refractivity contribution >= 4 is 22.9 Å². The van der Waals surface area contributed by atoms with Gasteiger partial charge in [-0.1, -0.05) is 11.6 Å². The van der Waals surface area contributed by atoms with Crippen LogP contribution in [0.25, 0.3) is 0 Å². The maximum Gasteiger partial charge on any atom is 0.416 e. The summed E-state index contributed by atoms with van der Waals surface area (Å²) < 4.78 is 52.6. The molecular weight excluding hydrogens is 302 g/mol. The second-order valence-corrected chi connectivity index (χ2v) is 5.04. The number of hydrogen-bond donors (Lipinski definition) is 1. The lowest BCUT2D eigenvalue weighted by molar-refractivity contribution is -0.138. The molecule has 1 aromatic carbocycles. The van der Waals surface area contributed by atoms with Crippen LogP contribution in [0.3, 0.4) is 0 Å². The molecule has 0 aliphatic rings. The molecule has 0 bridgehead atoms. The summed E-state index contributed by atoms with van der Waals surface area (Å²) in [6.07, 6.45) is -4.69. The molecule has 0 radical (unpaired) electrons. The Morgan fingerprint density at radius 3 is 2.42 bits per heavy atom. The SMILES string of the molecule is N[C@H](c1ccsc1)c1c(C(F)(F)F)ccc(Cl)c1F. The first kappa shape index (κ1) is 14.3. The molecular formula is C12H8ClF4NS. The van der Waals surface area contributed by atoms with Crippen LogP contribution in [0.15, 0.2) is 29.0 Å². The van der Waals surface area contributed by atoms with Gasteiger partial charge in [-0.15, -0.1) is 0 Å². The van der Waals surface area contributed by atoms with E-state index < -0.39 is 29.2 Å². The van der Waals surface area contributed by atoms with Gasteiger partial charge in [-0.2, -0.15) is 24.5 Å². The average molecular weight is 310 g/mol. The number of halogens is 5. The van der Waals surface area contributed by atoms with E-state index in [1.54, 1.807) is 16.8 Å². The van der Waals surface area contributed by atoms with Crippen LogP contribution in [0.5, 0.6) is 0 Å². The van der Waals surface area contributed by atoms with E-state index in [4.69, 9.17) is 17.3 Å². The summed E-state index contributed by atoms with van der Waals surface area (Å²) in [6.45, 7) is 0. The number of hydrogen-bond acceptors (Lipinski definition) is 2. The second kappa shape index (κ2) is 5.11. The van der Waals surface area contributed by atoms with Gasteiger partial charge >= 0.3 is 6.18 Å². The highest BCUT2D eigenvalue weighted by Crippen LogP contribution is 2.39. The minimum atomic E-state index is -4.69. The van der Waals surface area contributed by atoms with Crippen molar-refractivity contribution in [2.24, 2.45) is 5.73 Å². The van der Waals surface area contributed by atoms with Crippen LogP contribution in [0.1, 0.15) is 22.7 Å². The second-order valence-electron chi connectivity index (χ2n) is 3.85. The van der Waals surface area contributed by atoms with Gasteiger partial charge in [0.25, 0.3) is 0 Å². The van der Waals surface area contributed by atoms with E-state index in [1.165, 1.54) is 11.3 Å². The molecule has 102 valence electrons. The highest BCUT2D eigenvalue weighted by Gasteiger charge is 2.37. The highest BCUT2D eigenvalue weighted by molar-refractivity contribution is 7.08. The summed E-state index contributed by atoms with van der Waals surface area (Å²) in [6, 6.07) is 1.97. The zero-order valence-corrected chi connectivity index (χ0v) is 10.9. The Labute approximate surface area is 115 Å². The van der Waals surface area contributed by atoms with Gasteiger partial charge in [0.2, 0.25) is 0 Å².